The molecule has 0 aromatic heterocycles. The van der Waals surface area contributed by atoms with Gasteiger partial charge < -0.3 is 5.32 Å². The molecule has 0 unspecified atom stereocenters. The smallest absolute Gasteiger partial charge is 0.238 e. The van der Waals surface area contributed by atoms with Crippen molar-refractivity contribution >= 4 is 11.6 Å². The number of fused-ring (bicyclic) bond motifs is 1. The summed E-state index contributed by atoms with van der Waals surface area (Å²) in [5.41, 5.74) is 5.77. The van der Waals surface area contributed by atoms with Crippen LogP contribution in [0.2, 0.25) is 0 Å². The molecule has 1 amide bonds. The van der Waals surface area contributed by atoms with E-state index < -0.39 is 0 Å². The number of nitrogens with zero attached hydrogens (tertiary/aromatic N) is 1. The first kappa shape index (κ1) is 17.5. The molecule has 3 aromatic carbocycles. The topological polar surface area (TPSA) is 32.3 Å². The molecule has 0 saturated heterocycles. The number of amides is 1. The monoisotopic (exact) mass is 356 g/mol. The average Bonchev–Trinajstić information content (AvgIpc) is 3.13. The quantitative estimate of drug-likeness (QED) is 0.704. The minimum Gasteiger partial charge on any atom is -0.324 e. The van der Waals surface area contributed by atoms with Crippen LogP contribution in [0.25, 0.3) is 11.1 Å². The molecular formula is C24H24N2O. The van der Waals surface area contributed by atoms with Gasteiger partial charge in [0.1, 0.15) is 0 Å². The minimum absolute atomic E-state index is 0.0188. The number of carbonyl (C=O) groups excluding carboxylic acids is 1. The number of rotatable bonds is 5. The van der Waals surface area contributed by atoms with Crippen molar-refractivity contribution in [3.05, 3.63) is 90.0 Å². The van der Waals surface area contributed by atoms with Crippen molar-refractivity contribution in [3.8, 4) is 11.1 Å². The van der Waals surface area contributed by atoms with Gasteiger partial charge in [-0.2, -0.15) is 0 Å². The van der Waals surface area contributed by atoms with Gasteiger partial charge in [0, 0.05) is 17.3 Å². The lowest BCUT2D eigenvalue weighted by atomic mass is 10.0. The molecule has 0 fully saturated rings. The zero-order valence-corrected chi connectivity index (χ0v) is 15.6. The average molecular weight is 356 g/mol. The molecule has 0 aliphatic heterocycles. The van der Waals surface area contributed by atoms with Crippen LogP contribution in [0.4, 0.5) is 5.69 Å². The van der Waals surface area contributed by atoms with E-state index in [0.717, 1.165) is 29.7 Å². The Morgan fingerprint density at radius 2 is 1.67 bits per heavy atom. The lowest BCUT2D eigenvalue weighted by molar-refractivity contribution is -0.117. The Bertz CT molecular complexity index is 936. The number of nitrogens with one attached hydrogen (secondary N) is 1. The number of hydrogen-bond acceptors (Lipinski definition) is 2. The van der Waals surface area contributed by atoms with Gasteiger partial charge in [0.25, 0.3) is 0 Å². The van der Waals surface area contributed by atoms with Gasteiger partial charge in [-0.05, 0) is 42.6 Å². The largest absolute Gasteiger partial charge is 0.324 e. The van der Waals surface area contributed by atoms with Crippen LogP contribution in [-0.2, 0) is 11.2 Å². The Hall–Kier alpha value is -2.91. The van der Waals surface area contributed by atoms with E-state index in [1.54, 1.807) is 0 Å². The predicted molar refractivity (Wildman–Crippen MR) is 111 cm³/mol. The van der Waals surface area contributed by atoms with E-state index in [1.165, 1.54) is 11.1 Å². The molecule has 0 saturated carbocycles. The van der Waals surface area contributed by atoms with Crippen molar-refractivity contribution in [3.63, 3.8) is 0 Å². The van der Waals surface area contributed by atoms with E-state index in [2.05, 4.69) is 46.6 Å². The van der Waals surface area contributed by atoms with E-state index >= 15 is 0 Å². The van der Waals surface area contributed by atoms with Crippen LogP contribution in [0.3, 0.4) is 0 Å². The zero-order chi connectivity index (χ0) is 18.6. The van der Waals surface area contributed by atoms with Crippen LogP contribution < -0.4 is 5.32 Å². The maximum atomic E-state index is 12.7. The molecule has 3 nitrogen and oxygen atoms in total. The molecule has 27 heavy (non-hydrogen) atoms. The third-order valence-electron chi connectivity index (χ3n) is 5.31. The van der Waals surface area contributed by atoms with E-state index in [-0.39, 0.29) is 5.91 Å². The molecular weight excluding hydrogens is 332 g/mol. The van der Waals surface area contributed by atoms with Crippen molar-refractivity contribution in [2.24, 2.45) is 0 Å². The molecule has 0 bridgehead atoms. The Morgan fingerprint density at radius 1 is 0.963 bits per heavy atom. The summed E-state index contributed by atoms with van der Waals surface area (Å²) in [5, 5.41) is 3.11. The summed E-state index contributed by atoms with van der Waals surface area (Å²) in [6.07, 6.45) is 2.16. The van der Waals surface area contributed by atoms with Crippen molar-refractivity contribution in [1.29, 1.82) is 0 Å². The first-order chi connectivity index (χ1) is 13.2. The summed E-state index contributed by atoms with van der Waals surface area (Å²) in [5.74, 6) is 0.0188. The molecule has 1 aliphatic rings. The highest BCUT2D eigenvalue weighted by molar-refractivity contribution is 5.96. The van der Waals surface area contributed by atoms with Crippen molar-refractivity contribution in [2.45, 2.75) is 18.9 Å². The van der Waals surface area contributed by atoms with Crippen LogP contribution in [-0.4, -0.2) is 24.4 Å². The normalized spacial score (nSPS) is 15.6. The number of aryl methyl sites for hydroxylation is 1. The molecule has 0 radical (unpaired) electrons. The highest BCUT2D eigenvalue weighted by Gasteiger charge is 2.26. The fourth-order valence-corrected chi connectivity index (χ4v) is 3.98. The standard InChI is InChI=1S/C24H24N2O/c1-26(23-16-15-19-11-5-6-13-21(19)23)17-24(27)25-22-14-8-7-12-20(22)18-9-3-2-4-10-18/h2-14,23H,15-17H2,1H3,(H,25,27)/t23-/m0/s1. The number of hydrogen-bond donors (Lipinski definition) is 1. The first-order valence-electron chi connectivity index (χ1n) is 9.45. The van der Waals surface area contributed by atoms with Gasteiger partial charge in [0.15, 0.2) is 0 Å². The van der Waals surface area contributed by atoms with E-state index in [4.69, 9.17) is 0 Å². The summed E-state index contributed by atoms with van der Waals surface area (Å²) in [4.78, 5) is 14.9. The second-order valence-corrected chi connectivity index (χ2v) is 7.13. The van der Waals surface area contributed by atoms with Gasteiger partial charge >= 0.3 is 0 Å². The minimum atomic E-state index is 0.0188. The Labute approximate surface area is 160 Å². The highest BCUT2D eigenvalue weighted by atomic mass is 16.2. The van der Waals surface area contributed by atoms with Crippen molar-refractivity contribution in [2.75, 3.05) is 18.9 Å². The fraction of sp³-hybridized carbons (Fsp3) is 0.208. The molecule has 0 spiro atoms. The number of para-hydroxylation sites is 1. The van der Waals surface area contributed by atoms with Gasteiger partial charge in [0.05, 0.1) is 6.54 Å². The predicted octanol–water partition coefficient (Wildman–Crippen LogP) is 4.91. The van der Waals surface area contributed by atoms with Crippen LogP contribution in [0.15, 0.2) is 78.9 Å². The maximum Gasteiger partial charge on any atom is 0.238 e. The molecule has 3 aromatic rings. The number of benzene rings is 3. The molecule has 1 N–H and O–H groups in total. The summed E-state index contributed by atoms with van der Waals surface area (Å²) in [7, 11) is 2.04. The van der Waals surface area contributed by atoms with Gasteiger partial charge in [-0.1, -0.05) is 72.8 Å². The lowest BCUT2D eigenvalue weighted by Crippen LogP contribution is -2.32. The summed E-state index contributed by atoms with van der Waals surface area (Å²) < 4.78 is 0. The zero-order valence-electron chi connectivity index (χ0n) is 15.6. The highest BCUT2D eigenvalue weighted by Crippen LogP contribution is 2.34. The van der Waals surface area contributed by atoms with Crippen molar-refractivity contribution in [1.82, 2.24) is 4.90 Å². The molecule has 4 rings (SSSR count). The van der Waals surface area contributed by atoms with E-state index in [0.29, 0.717) is 12.6 Å². The Balaban J connectivity index is 1.46. The molecule has 0 heterocycles. The second-order valence-electron chi connectivity index (χ2n) is 7.13. The van der Waals surface area contributed by atoms with E-state index in [1.807, 2.05) is 49.5 Å². The summed E-state index contributed by atoms with van der Waals surface area (Å²) in [6, 6.07) is 27.0. The van der Waals surface area contributed by atoms with Crippen LogP contribution >= 0.6 is 0 Å². The van der Waals surface area contributed by atoms with Crippen LogP contribution in [0.1, 0.15) is 23.6 Å². The first-order valence-corrected chi connectivity index (χ1v) is 9.45. The van der Waals surface area contributed by atoms with Gasteiger partial charge in [-0.15, -0.1) is 0 Å². The Morgan fingerprint density at radius 3 is 2.52 bits per heavy atom. The van der Waals surface area contributed by atoms with Gasteiger partial charge in [-0.25, -0.2) is 0 Å². The van der Waals surface area contributed by atoms with Crippen LogP contribution in [0.5, 0.6) is 0 Å². The van der Waals surface area contributed by atoms with Crippen molar-refractivity contribution < 1.29 is 4.79 Å². The van der Waals surface area contributed by atoms with E-state index in [9.17, 15) is 4.79 Å². The third kappa shape index (κ3) is 3.79. The second kappa shape index (κ2) is 7.77. The third-order valence-corrected chi connectivity index (χ3v) is 5.31. The van der Waals surface area contributed by atoms with Crippen LogP contribution in [0, 0.1) is 0 Å². The van der Waals surface area contributed by atoms with Gasteiger partial charge in [-0.3, -0.25) is 9.69 Å². The molecule has 136 valence electrons. The lowest BCUT2D eigenvalue weighted by Gasteiger charge is -2.25. The molecule has 1 atom stereocenters. The summed E-state index contributed by atoms with van der Waals surface area (Å²) in [6.45, 7) is 0.377. The number of carbonyl (C=O) groups is 1. The number of anilines is 1. The Kier molecular flexibility index (Phi) is 5.03. The molecule has 1 aliphatic carbocycles. The fourth-order valence-electron chi connectivity index (χ4n) is 3.98. The SMILES string of the molecule is CN(CC(=O)Nc1ccccc1-c1ccccc1)[C@H]1CCc2ccccc21. The van der Waals surface area contributed by atoms with Gasteiger partial charge in [0.2, 0.25) is 5.91 Å². The summed E-state index contributed by atoms with van der Waals surface area (Å²) >= 11 is 0. The maximum absolute atomic E-state index is 12.7. The molecule has 3 heteroatoms. The number of likely N-dealkylation sites (N-methyl/N-ethyl adjacent to an activating group) is 1.